The van der Waals surface area contributed by atoms with E-state index in [1.165, 1.54) is 25.1 Å². The maximum Gasteiger partial charge on any atom is 0.0470 e. The molecule has 1 unspecified atom stereocenters. The molecule has 1 aliphatic rings. The summed E-state index contributed by atoms with van der Waals surface area (Å²) in [4.78, 5) is 4.25. The largest absolute Gasteiger partial charge is 0.314 e. The van der Waals surface area contributed by atoms with Gasteiger partial charge in [0, 0.05) is 37.1 Å². The zero-order valence-electron chi connectivity index (χ0n) is 11.2. The number of nitrogens with one attached hydrogen (secondary N) is 1. The average molecular weight is 252 g/mol. The second-order valence-electron chi connectivity index (χ2n) is 5.08. The highest BCUT2D eigenvalue weighted by atomic mass is 32.1. The third-order valence-corrected chi connectivity index (χ3v) is 4.99. The van der Waals surface area contributed by atoms with Crippen LogP contribution in [0.5, 0.6) is 0 Å². The predicted molar refractivity (Wildman–Crippen MR) is 75.7 cm³/mol. The topological polar surface area (TPSA) is 15.3 Å². The summed E-state index contributed by atoms with van der Waals surface area (Å²) >= 11 is 1.93. The van der Waals surface area contributed by atoms with Gasteiger partial charge >= 0.3 is 0 Å². The molecule has 2 nitrogen and oxygen atoms in total. The maximum atomic E-state index is 3.45. The molecule has 0 aliphatic carbocycles. The molecule has 2 rings (SSSR count). The molecule has 17 heavy (non-hydrogen) atoms. The fraction of sp³-hybridized carbons (Fsp3) is 0.714. The van der Waals surface area contributed by atoms with E-state index < -0.39 is 0 Å². The fourth-order valence-electron chi connectivity index (χ4n) is 2.66. The van der Waals surface area contributed by atoms with Crippen LogP contribution in [0.3, 0.4) is 0 Å². The van der Waals surface area contributed by atoms with E-state index in [4.69, 9.17) is 0 Å². The molecule has 1 aromatic rings. The van der Waals surface area contributed by atoms with Gasteiger partial charge in [-0.05, 0) is 29.9 Å². The molecule has 2 heterocycles. The molecule has 0 amide bonds. The number of piperazine rings is 1. The summed E-state index contributed by atoms with van der Waals surface area (Å²) in [5.74, 6) is 0.741. The summed E-state index contributed by atoms with van der Waals surface area (Å²) in [5.41, 5.74) is 1.47. The van der Waals surface area contributed by atoms with Crippen LogP contribution in [0.2, 0.25) is 0 Å². The van der Waals surface area contributed by atoms with Gasteiger partial charge < -0.3 is 5.32 Å². The minimum Gasteiger partial charge on any atom is -0.314 e. The van der Waals surface area contributed by atoms with Crippen LogP contribution in [-0.4, -0.2) is 31.1 Å². The van der Waals surface area contributed by atoms with E-state index in [1.54, 1.807) is 4.88 Å². The molecule has 1 aromatic heterocycles. The van der Waals surface area contributed by atoms with Gasteiger partial charge in [-0.1, -0.05) is 20.3 Å². The average Bonchev–Trinajstić information content (AvgIpc) is 2.77. The Kier molecular flexibility index (Phi) is 4.60. The zero-order chi connectivity index (χ0) is 12.3. The summed E-state index contributed by atoms with van der Waals surface area (Å²) < 4.78 is 0. The van der Waals surface area contributed by atoms with Crippen molar-refractivity contribution in [3.63, 3.8) is 0 Å². The van der Waals surface area contributed by atoms with Gasteiger partial charge in [0.15, 0.2) is 0 Å². The SMILES string of the molecule is CCC(C)[C@H](c1sccc1C)N1CCNCC1. The lowest BCUT2D eigenvalue weighted by Crippen LogP contribution is -2.46. The predicted octanol–water partition coefficient (Wildman–Crippen LogP) is 3.05. The molecule has 0 spiro atoms. The van der Waals surface area contributed by atoms with E-state index >= 15 is 0 Å². The second-order valence-corrected chi connectivity index (χ2v) is 6.03. The molecule has 1 fully saturated rings. The van der Waals surface area contributed by atoms with Crippen molar-refractivity contribution in [3.8, 4) is 0 Å². The van der Waals surface area contributed by atoms with Crippen LogP contribution in [0.25, 0.3) is 0 Å². The van der Waals surface area contributed by atoms with Crippen molar-refractivity contribution in [1.29, 1.82) is 0 Å². The first kappa shape index (κ1) is 13.1. The van der Waals surface area contributed by atoms with Crippen molar-refractivity contribution in [2.75, 3.05) is 26.2 Å². The van der Waals surface area contributed by atoms with Crippen LogP contribution < -0.4 is 5.32 Å². The molecular weight excluding hydrogens is 228 g/mol. The zero-order valence-corrected chi connectivity index (χ0v) is 12.0. The summed E-state index contributed by atoms with van der Waals surface area (Å²) in [6.07, 6.45) is 1.26. The third-order valence-electron chi connectivity index (χ3n) is 3.90. The smallest absolute Gasteiger partial charge is 0.0470 e. The maximum absolute atomic E-state index is 3.45. The molecule has 0 saturated carbocycles. The lowest BCUT2D eigenvalue weighted by atomic mass is 9.94. The number of hydrogen-bond acceptors (Lipinski definition) is 3. The third kappa shape index (κ3) is 2.90. The first-order chi connectivity index (χ1) is 8.24. The summed E-state index contributed by atoms with van der Waals surface area (Å²) in [5, 5.41) is 5.69. The van der Waals surface area contributed by atoms with Crippen LogP contribution in [0.15, 0.2) is 11.4 Å². The van der Waals surface area contributed by atoms with Gasteiger partial charge in [-0.15, -0.1) is 11.3 Å². The van der Waals surface area contributed by atoms with Crippen molar-refractivity contribution in [2.24, 2.45) is 5.92 Å². The Hall–Kier alpha value is -0.380. The minimum absolute atomic E-state index is 0.627. The lowest BCUT2D eigenvalue weighted by Gasteiger charge is -2.38. The standard InChI is InChI=1S/C14H24N2S/c1-4-11(2)13(14-12(3)5-10-17-14)16-8-6-15-7-9-16/h5,10-11,13,15H,4,6-9H2,1-3H3/t11?,13-/m1/s1. The summed E-state index contributed by atoms with van der Waals surface area (Å²) in [6.45, 7) is 11.6. The Labute approximate surface area is 109 Å². The van der Waals surface area contributed by atoms with E-state index in [9.17, 15) is 0 Å². The second kappa shape index (κ2) is 5.98. The van der Waals surface area contributed by atoms with Crippen LogP contribution in [0.1, 0.15) is 36.8 Å². The molecule has 1 saturated heterocycles. The number of nitrogens with zero attached hydrogens (tertiary/aromatic N) is 1. The Bertz CT molecular complexity index is 342. The molecular formula is C14H24N2S. The molecule has 0 radical (unpaired) electrons. The minimum atomic E-state index is 0.627. The van der Waals surface area contributed by atoms with Gasteiger partial charge in [0.05, 0.1) is 0 Å². The number of rotatable bonds is 4. The Morgan fingerprint density at radius 1 is 1.41 bits per heavy atom. The van der Waals surface area contributed by atoms with Crippen LogP contribution in [0.4, 0.5) is 0 Å². The number of aryl methyl sites for hydroxylation is 1. The van der Waals surface area contributed by atoms with Gasteiger partial charge in [-0.3, -0.25) is 4.90 Å². The number of hydrogen-bond donors (Lipinski definition) is 1. The van der Waals surface area contributed by atoms with Gasteiger partial charge in [0.1, 0.15) is 0 Å². The van der Waals surface area contributed by atoms with Crippen LogP contribution >= 0.6 is 11.3 Å². The van der Waals surface area contributed by atoms with E-state index in [0.717, 1.165) is 19.0 Å². The lowest BCUT2D eigenvalue weighted by molar-refractivity contribution is 0.130. The number of thiophene rings is 1. The fourth-order valence-corrected chi connectivity index (χ4v) is 3.85. The Morgan fingerprint density at radius 3 is 2.65 bits per heavy atom. The van der Waals surface area contributed by atoms with Crippen molar-refractivity contribution < 1.29 is 0 Å². The van der Waals surface area contributed by atoms with Gasteiger partial charge in [0.25, 0.3) is 0 Å². The van der Waals surface area contributed by atoms with Crippen LogP contribution in [0, 0.1) is 12.8 Å². The first-order valence-electron chi connectivity index (χ1n) is 6.72. The van der Waals surface area contributed by atoms with E-state index in [-0.39, 0.29) is 0 Å². The summed E-state index contributed by atoms with van der Waals surface area (Å²) in [7, 11) is 0. The molecule has 0 aromatic carbocycles. The van der Waals surface area contributed by atoms with Gasteiger partial charge in [-0.2, -0.15) is 0 Å². The monoisotopic (exact) mass is 252 g/mol. The van der Waals surface area contributed by atoms with Gasteiger partial charge in [0.2, 0.25) is 0 Å². The van der Waals surface area contributed by atoms with E-state index in [2.05, 4.69) is 42.4 Å². The first-order valence-corrected chi connectivity index (χ1v) is 7.60. The highest BCUT2D eigenvalue weighted by molar-refractivity contribution is 7.10. The van der Waals surface area contributed by atoms with Crippen LogP contribution in [-0.2, 0) is 0 Å². The molecule has 1 N–H and O–H groups in total. The molecule has 0 bridgehead atoms. The molecule has 3 heteroatoms. The Morgan fingerprint density at radius 2 is 2.12 bits per heavy atom. The quantitative estimate of drug-likeness (QED) is 0.886. The van der Waals surface area contributed by atoms with Crippen molar-refractivity contribution in [1.82, 2.24) is 10.2 Å². The van der Waals surface area contributed by atoms with Gasteiger partial charge in [-0.25, -0.2) is 0 Å². The summed E-state index contributed by atoms with van der Waals surface area (Å²) in [6, 6.07) is 2.89. The van der Waals surface area contributed by atoms with Crippen molar-refractivity contribution in [2.45, 2.75) is 33.2 Å². The highest BCUT2D eigenvalue weighted by Gasteiger charge is 2.28. The molecule has 96 valence electrons. The highest BCUT2D eigenvalue weighted by Crippen LogP contribution is 2.35. The normalized spacial score (nSPS) is 21.4. The Balaban J connectivity index is 2.21. The van der Waals surface area contributed by atoms with Crippen molar-refractivity contribution in [3.05, 3.63) is 21.9 Å². The van der Waals surface area contributed by atoms with Crippen molar-refractivity contribution >= 4 is 11.3 Å². The molecule has 1 aliphatic heterocycles. The van der Waals surface area contributed by atoms with E-state index in [0.29, 0.717) is 6.04 Å². The molecule has 2 atom stereocenters. The van der Waals surface area contributed by atoms with E-state index in [1.807, 2.05) is 11.3 Å².